The van der Waals surface area contributed by atoms with E-state index in [9.17, 15) is 0 Å². The van der Waals surface area contributed by atoms with Crippen molar-refractivity contribution in [2.75, 3.05) is 0 Å². The maximum absolute atomic E-state index is 8.86. The van der Waals surface area contributed by atoms with Gasteiger partial charge in [-0.25, -0.2) is 0 Å². The molecule has 0 unspecified atom stereocenters. The molecule has 0 spiro atoms. The van der Waals surface area contributed by atoms with E-state index in [1.807, 2.05) is 0 Å². The number of hydrogen-bond donors (Lipinski definition) is 2. The lowest BCUT2D eigenvalue weighted by atomic mass is 10.2. The molecular weight excluding hydrogens is 240 g/mol. The van der Waals surface area contributed by atoms with Crippen LogP contribution in [0.15, 0.2) is 0 Å². The van der Waals surface area contributed by atoms with Gasteiger partial charge in [-0.05, 0) is 0 Å². The third-order valence-corrected chi connectivity index (χ3v) is 2.34. The van der Waals surface area contributed by atoms with Crippen LogP contribution in [0.5, 0.6) is 0 Å². The van der Waals surface area contributed by atoms with E-state index in [1.54, 1.807) is 6.92 Å². The van der Waals surface area contributed by atoms with Crippen molar-refractivity contribution in [1.29, 1.82) is 0 Å². The molecule has 4 heteroatoms. The Bertz CT molecular complexity index is 72.4. The third kappa shape index (κ3) is 2.44. The van der Waals surface area contributed by atoms with Gasteiger partial charge >= 0.3 is 0 Å². The SMILES string of the molecule is CCC(O)(O)C(Br)Br. The van der Waals surface area contributed by atoms with Crippen LogP contribution in [0.25, 0.3) is 0 Å². The van der Waals surface area contributed by atoms with Gasteiger partial charge in [0.05, 0.1) is 0 Å². The zero-order valence-electron chi connectivity index (χ0n) is 4.43. The molecule has 0 saturated heterocycles. The summed E-state index contributed by atoms with van der Waals surface area (Å²) < 4.78 is -0.451. The van der Waals surface area contributed by atoms with Gasteiger partial charge in [0.15, 0.2) is 5.79 Å². The smallest absolute Gasteiger partial charge is 0.185 e. The maximum atomic E-state index is 8.86. The summed E-state index contributed by atoms with van der Waals surface area (Å²) in [7, 11) is 0. The van der Waals surface area contributed by atoms with Crippen LogP contribution in [-0.4, -0.2) is 19.7 Å². The molecule has 0 fully saturated rings. The van der Waals surface area contributed by atoms with Crippen molar-refractivity contribution >= 4 is 31.9 Å². The van der Waals surface area contributed by atoms with Crippen LogP contribution in [0.2, 0.25) is 0 Å². The molecule has 0 aromatic carbocycles. The van der Waals surface area contributed by atoms with E-state index in [-0.39, 0.29) is 0 Å². The van der Waals surface area contributed by atoms with Crippen LogP contribution in [0.1, 0.15) is 13.3 Å². The van der Waals surface area contributed by atoms with Crippen molar-refractivity contribution in [3.8, 4) is 0 Å². The quantitative estimate of drug-likeness (QED) is 0.569. The molecule has 0 heterocycles. The van der Waals surface area contributed by atoms with Crippen LogP contribution in [0, 0.1) is 0 Å². The molecule has 0 radical (unpaired) electrons. The highest BCUT2D eigenvalue weighted by atomic mass is 79.9. The number of halogens is 2. The average Bonchev–Trinajstić information content (AvgIpc) is 1.67. The van der Waals surface area contributed by atoms with Gasteiger partial charge < -0.3 is 10.2 Å². The standard InChI is InChI=1S/C4H8Br2O2/c1-2-4(7,8)3(5)6/h3,7-8H,2H2,1H3. The van der Waals surface area contributed by atoms with Gasteiger partial charge in [-0.2, -0.15) is 0 Å². The molecule has 0 bridgehead atoms. The average molecular weight is 248 g/mol. The highest BCUT2D eigenvalue weighted by molar-refractivity contribution is 9.24. The Balaban J connectivity index is 3.71. The van der Waals surface area contributed by atoms with Gasteiger partial charge in [0.25, 0.3) is 0 Å². The van der Waals surface area contributed by atoms with Crippen molar-refractivity contribution in [3.63, 3.8) is 0 Å². The lowest BCUT2D eigenvalue weighted by Crippen LogP contribution is -2.33. The Morgan fingerprint density at radius 1 is 1.50 bits per heavy atom. The summed E-state index contributed by atoms with van der Waals surface area (Å²) in [4.78, 5) is 0. The Kier molecular flexibility index (Phi) is 3.50. The number of rotatable bonds is 2. The largest absolute Gasteiger partial charge is 0.364 e. The van der Waals surface area contributed by atoms with Crippen molar-refractivity contribution in [2.24, 2.45) is 0 Å². The summed E-state index contributed by atoms with van der Waals surface area (Å²) in [6.45, 7) is 1.69. The molecule has 0 aliphatic rings. The Labute approximate surface area is 65.2 Å². The summed E-state index contributed by atoms with van der Waals surface area (Å²) in [6, 6.07) is 0. The first-order valence-corrected chi connectivity index (χ1v) is 4.06. The molecule has 0 saturated carbocycles. The molecule has 8 heavy (non-hydrogen) atoms. The molecule has 0 aromatic heterocycles. The van der Waals surface area contributed by atoms with Gasteiger partial charge in [0, 0.05) is 6.42 Å². The Morgan fingerprint density at radius 2 is 1.88 bits per heavy atom. The van der Waals surface area contributed by atoms with Crippen LogP contribution >= 0.6 is 31.9 Å². The molecular formula is C4H8Br2O2. The topological polar surface area (TPSA) is 40.5 Å². The number of alkyl halides is 2. The van der Waals surface area contributed by atoms with Crippen LogP contribution < -0.4 is 0 Å². The van der Waals surface area contributed by atoms with E-state index < -0.39 is 9.52 Å². The van der Waals surface area contributed by atoms with Gasteiger partial charge in [0.1, 0.15) is 3.74 Å². The minimum Gasteiger partial charge on any atom is -0.364 e. The third-order valence-electron chi connectivity index (χ3n) is 0.870. The first-order chi connectivity index (χ1) is 3.50. The lowest BCUT2D eigenvalue weighted by Gasteiger charge is -2.20. The van der Waals surface area contributed by atoms with Gasteiger partial charge in [-0.3, -0.25) is 0 Å². The van der Waals surface area contributed by atoms with E-state index in [1.165, 1.54) is 0 Å². The zero-order valence-corrected chi connectivity index (χ0v) is 7.61. The summed E-state index contributed by atoms with van der Waals surface area (Å²) in [5, 5.41) is 17.7. The van der Waals surface area contributed by atoms with Crippen molar-refractivity contribution in [1.82, 2.24) is 0 Å². The fourth-order valence-electron chi connectivity index (χ4n) is 0.154. The van der Waals surface area contributed by atoms with E-state index in [2.05, 4.69) is 31.9 Å². The molecule has 2 nitrogen and oxygen atoms in total. The molecule has 50 valence electrons. The Hall–Kier alpha value is 0.880. The van der Waals surface area contributed by atoms with Crippen molar-refractivity contribution < 1.29 is 10.2 Å². The van der Waals surface area contributed by atoms with E-state index in [4.69, 9.17) is 10.2 Å². The molecule has 0 atom stereocenters. The van der Waals surface area contributed by atoms with Crippen molar-refractivity contribution in [2.45, 2.75) is 22.9 Å². The van der Waals surface area contributed by atoms with Crippen LogP contribution in [0.4, 0.5) is 0 Å². The summed E-state index contributed by atoms with van der Waals surface area (Å²) >= 11 is 5.95. The van der Waals surface area contributed by atoms with E-state index in [0.717, 1.165) is 0 Å². The zero-order chi connectivity index (χ0) is 6.78. The predicted molar refractivity (Wildman–Crippen MR) is 39.1 cm³/mol. The monoisotopic (exact) mass is 246 g/mol. The van der Waals surface area contributed by atoms with E-state index in [0.29, 0.717) is 6.42 Å². The summed E-state index contributed by atoms with van der Waals surface area (Å²) in [5.74, 6) is -1.62. The van der Waals surface area contributed by atoms with Gasteiger partial charge in [-0.15, -0.1) is 0 Å². The predicted octanol–water partition coefficient (Wildman–Crippen LogP) is 1.19. The molecule has 0 rings (SSSR count). The Morgan fingerprint density at radius 3 is 1.88 bits per heavy atom. The highest BCUT2D eigenvalue weighted by Gasteiger charge is 2.27. The van der Waals surface area contributed by atoms with E-state index >= 15 is 0 Å². The highest BCUT2D eigenvalue weighted by Crippen LogP contribution is 2.23. The molecule has 0 aromatic rings. The van der Waals surface area contributed by atoms with Crippen LogP contribution in [0.3, 0.4) is 0 Å². The lowest BCUT2D eigenvalue weighted by molar-refractivity contribution is -0.145. The number of aliphatic hydroxyl groups is 2. The minimum atomic E-state index is -1.62. The normalized spacial score (nSPS) is 12.8. The second kappa shape index (κ2) is 3.15. The fraction of sp³-hybridized carbons (Fsp3) is 1.00. The molecule has 0 aliphatic heterocycles. The van der Waals surface area contributed by atoms with Gasteiger partial charge in [0.2, 0.25) is 0 Å². The second-order valence-electron chi connectivity index (χ2n) is 1.53. The molecule has 0 amide bonds. The first kappa shape index (κ1) is 8.88. The van der Waals surface area contributed by atoms with Gasteiger partial charge in [-0.1, -0.05) is 38.8 Å². The minimum absolute atomic E-state index is 0.300. The first-order valence-electron chi connectivity index (χ1n) is 2.23. The molecule has 0 aliphatic carbocycles. The number of hydrogen-bond acceptors (Lipinski definition) is 2. The molecule has 2 N–H and O–H groups in total. The maximum Gasteiger partial charge on any atom is 0.185 e. The summed E-state index contributed by atoms with van der Waals surface area (Å²) in [6.07, 6.45) is 0.300. The second-order valence-corrected chi connectivity index (χ2v) is 4.59. The summed E-state index contributed by atoms with van der Waals surface area (Å²) in [5.41, 5.74) is 0. The van der Waals surface area contributed by atoms with Crippen LogP contribution in [-0.2, 0) is 0 Å². The fourth-order valence-corrected chi connectivity index (χ4v) is 0.802. The van der Waals surface area contributed by atoms with Crippen molar-refractivity contribution in [3.05, 3.63) is 0 Å².